The zero-order valence-corrected chi connectivity index (χ0v) is 11.6. The Morgan fingerprint density at radius 3 is 2.63 bits per heavy atom. The van der Waals surface area contributed by atoms with E-state index in [1.807, 2.05) is 44.2 Å². The Morgan fingerprint density at radius 2 is 2.00 bits per heavy atom. The molecule has 4 heteroatoms. The molecule has 0 atom stereocenters. The molecule has 1 heterocycles. The molecular formula is C15H20N2O2. The summed E-state index contributed by atoms with van der Waals surface area (Å²) in [6.07, 6.45) is 2.93. The molecule has 0 aliphatic carbocycles. The fourth-order valence-electron chi connectivity index (χ4n) is 1.87. The smallest absolute Gasteiger partial charge is 0.249 e. The molecule has 4 nitrogen and oxygen atoms in total. The molecule has 0 saturated carbocycles. The van der Waals surface area contributed by atoms with Gasteiger partial charge in [-0.25, -0.2) is 0 Å². The van der Waals surface area contributed by atoms with Crippen molar-refractivity contribution in [3.8, 4) is 5.75 Å². The first-order valence-electron chi connectivity index (χ1n) is 6.56. The molecule has 1 aliphatic heterocycles. The number of ether oxygens (including phenoxy) is 1. The third-order valence-electron chi connectivity index (χ3n) is 3.23. The first-order valence-corrected chi connectivity index (χ1v) is 6.56. The minimum Gasteiger partial charge on any atom is -0.493 e. The van der Waals surface area contributed by atoms with Crippen molar-refractivity contribution in [3.63, 3.8) is 0 Å². The fourth-order valence-corrected chi connectivity index (χ4v) is 1.87. The molecule has 0 radical (unpaired) electrons. The molecule has 1 fully saturated rings. The van der Waals surface area contributed by atoms with E-state index in [-0.39, 0.29) is 5.91 Å². The lowest BCUT2D eigenvalue weighted by atomic mass is 9.89. The van der Waals surface area contributed by atoms with E-state index in [1.165, 1.54) is 0 Å². The van der Waals surface area contributed by atoms with Gasteiger partial charge in [-0.1, -0.05) is 25.1 Å². The molecule has 19 heavy (non-hydrogen) atoms. The highest BCUT2D eigenvalue weighted by Crippen LogP contribution is 2.31. The molecule has 1 aromatic rings. The van der Waals surface area contributed by atoms with E-state index in [2.05, 4.69) is 17.8 Å². The maximum absolute atomic E-state index is 11.7. The molecule has 2 N–H and O–H groups in total. The Kier molecular flexibility index (Phi) is 3.79. The third-order valence-corrected chi connectivity index (χ3v) is 3.23. The van der Waals surface area contributed by atoms with Gasteiger partial charge in [0.15, 0.2) is 0 Å². The number of carbonyl (C=O) groups excluding carboxylic acids is 1. The van der Waals surface area contributed by atoms with E-state index < -0.39 is 5.41 Å². The van der Waals surface area contributed by atoms with E-state index in [1.54, 1.807) is 0 Å². The van der Waals surface area contributed by atoms with E-state index in [9.17, 15) is 4.79 Å². The number of hydrazine groups is 1. The van der Waals surface area contributed by atoms with Crippen molar-refractivity contribution in [1.29, 1.82) is 0 Å². The van der Waals surface area contributed by atoms with Crippen molar-refractivity contribution >= 4 is 12.0 Å². The average molecular weight is 260 g/mol. The lowest BCUT2D eigenvalue weighted by molar-refractivity contribution is -0.125. The molecule has 1 aliphatic rings. The van der Waals surface area contributed by atoms with Crippen LogP contribution in [0.5, 0.6) is 5.75 Å². The van der Waals surface area contributed by atoms with Crippen LogP contribution in [0.1, 0.15) is 32.8 Å². The highest BCUT2D eigenvalue weighted by molar-refractivity contribution is 5.89. The van der Waals surface area contributed by atoms with E-state index in [4.69, 9.17) is 4.74 Å². The van der Waals surface area contributed by atoms with Gasteiger partial charge >= 0.3 is 0 Å². The predicted molar refractivity (Wildman–Crippen MR) is 75.3 cm³/mol. The molecule has 0 unspecified atom stereocenters. The van der Waals surface area contributed by atoms with Crippen LogP contribution in [0.3, 0.4) is 0 Å². The lowest BCUT2D eigenvalue weighted by Gasteiger charge is -2.15. The summed E-state index contributed by atoms with van der Waals surface area (Å²) < 4.78 is 5.71. The average Bonchev–Trinajstić information content (AvgIpc) is 2.64. The molecule has 0 spiro atoms. The number of benzene rings is 1. The maximum Gasteiger partial charge on any atom is 0.249 e. The SMILES string of the molecule is CCCOc1ccccc1/C=C1\NNC(=O)C1(C)C. The quantitative estimate of drug-likeness (QED) is 0.874. The van der Waals surface area contributed by atoms with Crippen molar-refractivity contribution < 1.29 is 9.53 Å². The van der Waals surface area contributed by atoms with Gasteiger partial charge in [-0.2, -0.15) is 0 Å². The van der Waals surface area contributed by atoms with Crippen molar-refractivity contribution in [2.45, 2.75) is 27.2 Å². The Hall–Kier alpha value is -1.97. The number of para-hydroxylation sites is 1. The monoisotopic (exact) mass is 260 g/mol. The summed E-state index contributed by atoms with van der Waals surface area (Å²) in [5, 5.41) is 0. The first-order chi connectivity index (χ1) is 9.05. The molecule has 102 valence electrons. The molecule has 0 aromatic heterocycles. The number of hydrogen-bond acceptors (Lipinski definition) is 3. The summed E-state index contributed by atoms with van der Waals surface area (Å²) in [6.45, 7) is 6.55. The van der Waals surface area contributed by atoms with E-state index >= 15 is 0 Å². The van der Waals surface area contributed by atoms with Gasteiger partial charge in [0.05, 0.1) is 12.0 Å². The number of hydrogen-bond donors (Lipinski definition) is 2. The zero-order chi connectivity index (χ0) is 13.9. The Labute approximate surface area is 113 Å². The fraction of sp³-hybridized carbons (Fsp3) is 0.400. The topological polar surface area (TPSA) is 50.4 Å². The number of rotatable bonds is 4. The summed E-state index contributed by atoms with van der Waals surface area (Å²) >= 11 is 0. The summed E-state index contributed by atoms with van der Waals surface area (Å²) in [4.78, 5) is 11.7. The highest BCUT2D eigenvalue weighted by atomic mass is 16.5. The summed E-state index contributed by atoms with van der Waals surface area (Å²) in [5.41, 5.74) is 6.86. The van der Waals surface area contributed by atoms with Crippen LogP contribution in [-0.2, 0) is 4.79 Å². The number of amides is 1. The van der Waals surface area contributed by atoms with Crippen LogP contribution in [0.4, 0.5) is 0 Å². The third kappa shape index (κ3) is 2.72. The Bertz CT molecular complexity index is 507. The van der Waals surface area contributed by atoms with Gasteiger partial charge < -0.3 is 10.2 Å². The minimum absolute atomic E-state index is 0.0225. The van der Waals surface area contributed by atoms with Crippen molar-refractivity contribution in [2.24, 2.45) is 5.41 Å². The van der Waals surface area contributed by atoms with Crippen molar-refractivity contribution in [1.82, 2.24) is 10.9 Å². The molecule has 0 bridgehead atoms. The van der Waals surface area contributed by atoms with Crippen LogP contribution in [0.15, 0.2) is 30.0 Å². The second-order valence-corrected chi connectivity index (χ2v) is 5.15. The predicted octanol–water partition coefficient (Wildman–Crippen LogP) is 2.48. The van der Waals surface area contributed by atoms with Crippen LogP contribution in [0.25, 0.3) is 6.08 Å². The maximum atomic E-state index is 11.7. The lowest BCUT2D eigenvalue weighted by Crippen LogP contribution is -2.28. The van der Waals surface area contributed by atoms with Gasteiger partial charge in [-0.3, -0.25) is 10.2 Å². The molecular weight excluding hydrogens is 240 g/mol. The molecule has 1 saturated heterocycles. The van der Waals surface area contributed by atoms with Gasteiger partial charge in [-0.05, 0) is 32.4 Å². The van der Waals surface area contributed by atoms with Crippen LogP contribution >= 0.6 is 0 Å². The number of carbonyl (C=O) groups is 1. The Balaban J connectivity index is 2.30. The van der Waals surface area contributed by atoms with Gasteiger partial charge in [0.25, 0.3) is 0 Å². The largest absolute Gasteiger partial charge is 0.493 e. The van der Waals surface area contributed by atoms with Crippen LogP contribution in [-0.4, -0.2) is 12.5 Å². The highest BCUT2D eigenvalue weighted by Gasteiger charge is 2.37. The van der Waals surface area contributed by atoms with Crippen LogP contribution < -0.4 is 15.6 Å². The van der Waals surface area contributed by atoms with Gasteiger partial charge in [0.2, 0.25) is 5.91 Å². The minimum atomic E-state index is -0.544. The van der Waals surface area contributed by atoms with Crippen LogP contribution in [0.2, 0.25) is 0 Å². The number of nitrogens with one attached hydrogen (secondary N) is 2. The van der Waals surface area contributed by atoms with Gasteiger partial charge in [0.1, 0.15) is 5.75 Å². The van der Waals surface area contributed by atoms with Crippen molar-refractivity contribution in [2.75, 3.05) is 6.61 Å². The summed E-state index contributed by atoms with van der Waals surface area (Å²) in [5.74, 6) is 0.819. The summed E-state index contributed by atoms with van der Waals surface area (Å²) in [7, 11) is 0. The standard InChI is InChI=1S/C15H20N2O2/c1-4-9-19-12-8-6-5-7-11(12)10-13-15(2,3)14(18)17-16-13/h5-8,10,16H,4,9H2,1-3H3,(H,17,18)/b13-10-. The van der Waals surface area contributed by atoms with Gasteiger partial charge in [0, 0.05) is 11.3 Å². The normalized spacial score (nSPS) is 19.1. The molecule has 1 aromatic carbocycles. The van der Waals surface area contributed by atoms with Crippen molar-refractivity contribution in [3.05, 3.63) is 35.5 Å². The first kappa shape index (κ1) is 13.5. The van der Waals surface area contributed by atoms with E-state index in [0.717, 1.165) is 23.4 Å². The zero-order valence-electron chi connectivity index (χ0n) is 11.6. The second kappa shape index (κ2) is 5.34. The van der Waals surface area contributed by atoms with Crippen LogP contribution in [0, 0.1) is 5.41 Å². The molecule has 2 rings (SSSR count). The summed E-state index contributed by atoms with van der Waals surface area (Å²) in [6, 6.07) is 7.84. The molecule has 1 amide bonds. The Morgan fingerprint density at radius 1 is 1.26 bits per heavy atom. The van der Waals surface area contributed by atoms with E-state index in [0.29, 0.717) is 6.61 Å². The second-order valence-electron chi connectivity index (χ2n) is 5.15. The van der Waals surface area contributed by atoms with Gasteiger partial charge in [-0.15, -0.1) is 0 Å².